The number of hydrogen-bond donors (Lipinski definition) is 0. The van der Waals surface area contributed by atoms with E-state index in [2.05, 4.69) is 0 Å². The van der Waals surface area contributed by atoms with Crippen molar-refractivity contribution in [2.45, 2.75) is 19.3 Å². The topological polar surface area (TPSA) is 43.4 Å². The summed E-state index contributed by atoms with van der Waals surface area (Å²) in [5.74, 6) is -1.72. The van der Waals surface area contributed by atoms with Gasteiger partial charge >= 0.3 is 5.97 Å². The van der Waals surface area contributed by atoms with E-state index >= 15 is 0 Å². The Morgan fingerprint density at radius 3 is 2.44 bits per heavy atom. The van der Waals surface area contributed by atoms with E-state index in [0.29, 0.717) is 5.57 Å². The van der Waals surface area contributed by atoms with Gasteiger partial charge in [0.05, 0.1) is 12.5 Å². The van der Waals surface area contributed by atoms with Gasteiger partial charge in [-0.3, -0.25) is 9.59 Å². The van der Waals surface area contributed by atoms with Gasteiger partial charge in [0.2, 0.25) is 0 Å². The van der Waals surface area contributed by atoms with Crippen LogP contribution in [-0.4, -0.2) is 18.4 Å². The van der Waals surface area contributed by atoms with Crippen molar-refractivity contribution in [3.8, 4) is 0 Å². The molecule has 3 rings (SSSR count). The number of carbonyl (C=O) groups is 2. The molecule has 0 amide bonds. The summed E-state index contributed by atoms with van der Waals surface area (Å²) >= 11 is 0. The molecule has 4 heteroatoms. The maximum atomic E-state index is 13.3. The van der Waals surface area contributed by atoms with Gasteiger partial charge in [0.1, 0.15) is 5.82 Å². The normalized spacial score (nSPS) is 20.1. The molecule has 0 fully saturated rings. The molecule has 0 heterocycles. The summed E-state index contributed by atoms with van der Waals surface area (Å²) in [5, 5.41) is 0. The van der Waals surface area contributed by atoms with Crippen molar-refractivity contribution in [3.63, 3.8) is 0 Å². The van der Waals surface area contributed by atoms with Gasteiger partial charge in [0.15, 0.2) is 5.78 Å². The Labute approximate surface area is 146 Å². The highest BCUT2D eigenvalue weighted by Crippen LogP contribution is 2.42. The molecule has 2 aromatic carbocycles. The van der Waals surface area contributed by atoms with Crippen molar-refractivity contribution in [1.29, 1.82) is 0 Å². The molecule has 0 aromatic heterocycles. The Hall–Kier alpha value is -2.75. The van der Waals surface area contributed by atoms with Gasteiger partial charge in [-0.15, -0.1) is 0 Å². The minimum Gasteiger partial charge on any atom is -0.466 e. The van der Waals surface area contributed by atoms with Crippen molar-refractivity contribution >= 4 is 17.3 Å². The van der Waals surface area contributed by atoms with Gasteiger partial charge in [0.25, 0.3) is 0 Å². The quantitative estimate of drug-likeness (QED) is 0.787. The number of ether oxygens (including phenoxy) is 1. The molecular weight excluding hydrogens is 319 g/mol. The number of esters is 1. The molecule has 0 radical (unpaired) electrons. The molecule has 2 atom stereocenters. The Morgan fingerprint density at radius 1 is 1.12 bits per heavy atom. The van der Waals surface area contributed by atoms with Crippen LogP contribution in [0.4, 0.5) is 4.39 Å². The first-order valence-electron chi connectivity index (χ1n) is 8.32. The minimum atomic E-state index is -0.592. The molecule has 1 aliphatic carbocycles. The summed E-state index contributed by atoms with van der Waals surface area (Å²) in [4.78, 5) is 25.0. The molecule has 3 nitrogen and oxygen atoms in total. The average Bonchev–Trinajstić information content (AvgIpc) is 2.62. The summed E-state index contributed by atoms with van der Waals surface area (Å²) in [6, 6.07) is 15.3. The second-order valence-corrected chi connectivity index (χ2v) is 6.02. The van der Waals surface area contributed by atoms with E-state index in [9.17, 15) is 14.0 Å². The highest BCUT2D eigenvalue weighted by molar-refractivity contribution is 6.04. The van der Waals surface area contributed by atoms with Crippen LogP contribution in [0.1, 0.15) is 30.4 Å². The predicted octanol–water partition coefficient (Wildman–Crippen LogP) is 4.15. The molecular formula is C21H19FO3. The van der Waals surface area contributed by atoms with Crippen molar-refractivity contribution in [2.24, 2.45) is 5.92 Å². The zero-order valence-electron chi connectivity index (χ0n) is 13.9. The molecule has 0 N–H and O–H groups in total. The maximum Gasteiger partial charge on any atom is 0.314 e. The van der Waals surface area contributed by atoms with Crippen LogP contribution in [0.3, 0.4) is 0 Å². The van der Waals surface area contributed by atoms with E-state index in [1.165, 1.54) is 18.2 Å². The van der Waals surface area contributed by atoms with E-state index in [4.69, 9.17) is 4.74 Å². The fourth-order valence-corrected chi connectivity index (χ4v) is 3.31. The van der Waals surface area contributed by atoms with Gasteiger partial charge in [-0.1, -0.05) is 42.5 Å². The monoisotopic (exact) mass is 338 g/mol. The largest absolute Gasteiger partial charge is 0.466 e. The van der Waals surface area contributed by atoms with Crippen LogP contribution in [0.25, 0.3) is 5.57 Å². The van der Waals surface area contributed by atoms with Crippen molar-refractivity contribution < 1.29 is 18.7 Å². The minimum absolute atomic E-state index is 0.0475. The number of hydrogen-bond acceptors (Lipinski definition) is 3. The molecule has 128 valence electrons. The lowest BCUT2D eigenvalue weighted by atomic mass is 9.72. The van der Waals surface area contributed by atoms with E-state index < -0.39 is 5.92 Å². The number of benzene rings is 2. The fourth-order valence-electron chi connectivity index (χ4n) is 3.31. The summed E-state index contributed by atoms with van der Waals surface area (Å²) in [6.07, 6.45) is 1.74. The highest BCUT2D eigenvalue weighted by Gasteiger charge is 2.38. The number of allylic oxidation sites excluding steroid dienone is 1. The van der Waals surface area contributed by atoms with Gasteiger partial charge in [-0.05, 0) is 41.8 Å². The summed E-state index contributed by atoms with van der Waals surface area (Å²) in [5.41, 5.74) is 2.24. The SMILES string of the molecule is CCOC(=O)[C@@H]1C(c2ccccc2)=CC(=O)C[C@H]1c1ccc(F)cc1. The second kappa shape index (κ2) is 7.43. The van der Waals surface area contributed by atoms with Crippen LogP contribution in [0.15, 0.2) is 60.7 Å². The lowest BCUT2D eigenvalue weighted by Crippen LogP contribution is -2.31. The molecule has 1 aliphatic rings. The molecule has 0 saturated carbocycles. The summed E-state index contributed by atoms with van der Waals surface area (Å²) in [7, 11) is 0. The Bertz CT molecular complexity index is 794. The third kappa shape index (κ3) is 3.68. The van der Waals surface area contributed by atoms with Gasteiger partial charge in [-0.2, -0.15) is 0 Å². The molecule has 25 heavy (non-hydrogen) atoms. The van der Waals surface area contributed by atoms with Gasteiger partial charge < -0.3 is 4.74 Å². The molecule has 0 saturated heterocycles. The number of ketones is 1. The molecule has 2 aromatic rings. The zero-order chi connectivity index (χ0) is 17.8. The third-order valence-corrected chi connectivity index (χ3v) is 4.42. The lowest BCUT2D eigenvalue weighted by molar-refractivity contribution is -0.146. The fraction of sp³-hybridized carbons (Fsp3) is 0.238. The maximum absolute atomic E-state index is 13.3. The highest BCUT2D eigenvalue weighted by atomic mass is 19.1. The summed E-state index contributed by atoms with van der Waals surface area (Å²) < 4.78 is 18.6. The third-order valence-electron chi connectivity index (χ3n) is 4.42. The van der Waals surface area contributed by atoms with Crippen LogP contribution in [-0.2, 0) is 14.3 Å². The van der Waals surface area contributed by atoms with Crippen LogP contribution in [0, 0.1) is 11.7 Å². The van der Waals surface area contributed by atoms with Gasteiger partial charge in [-0.25, -0.2) is 4.39 Å². The Kier molecular flexibility index (Phi) is 5.08. The first-order valence-corrected chi connectivity index (χ1v) is 8.32. The molecule has 0 aliphatic heterocycles. The van der Waals surface area contributed by atoms with Crippen LogP contribution < -0.4 is 0 Å². The standard InChI is InChI=1S/C21H19FO3/c1-2-25-21(24)20-18(14-6-4-3-5-7-14)12-17(23)13-19(20)15-8-10-16(22)11-9-15/h3-12,19-20H,2,13H2,1H3/t19-,20+/m0/s1. The zero-order valence-corrected chi connectivity index (χ0v) is 13.9. The Morgan fingerprint density at radius 2 is 1.80 bits per heavy atom. The first kappa shape index (κ1) is 17.1. The lowest BCUT2D eigenvalue weighted by Gasteiger charge is -2.31. The first-order chi connectivity index (χ1) is 12.1. The van der Waals surface area contributed by atoms with Gasteiger partial charge in [0, 0.05) is 12.3 Å². The summed E-state index contributed by atoms with van der Waals surface area (Å²) in [6.45, 7) is 2.02. The van der Waals surface area contributed by atoms with E-state index in [1.807, 2.05) is 30.3 Å². The molecule has 0 spiro atoms. The average molecular weight is 338 g/mol. The predicted molar refractivity (Wildman–Crippen MR) is 93.3 cm³/mol. The number of carbonyl (C=O) groups excluding carboxylic acids is 2. The Balaban J connectivity index is 2.08. The van der Waals surface area contributed by atoms with Crippen LogP contribution in [0.5, 0.6) is 0 Å². The van der Waals surface area contributed by atoms with E-state index in [0.717, 1.165) is 11.1 Å². The second-order valence-electron chi connectivity index (χ2n) is 6.02. The van der Waals surface area contributed by atoms with E-state index in [1.54, 1.807) is 19.1 Å². The van der Waals surface area contributed by atoms with E-state index in [-0.39, 0.29) is 36.5 Å². The van der Waals surface area contributed by atoms with Crippen molar-refractivity contribution in [1.82, 2.24) is 0 Å². The smallest absolute Gasteiger partial charge is 0.314 e. The number of rotatable bonds is 4. The van der Waals surface area contributed by atoms with Crippen LogP contribution >= 0.6 is 0 Å². The van der Waals surface area contributed by atoms with Crippen molar-refractivity contribution in [3.05, 3.63) is 77.6 Å². The van der Waals surface area contributed by atoms with Crippen LogP contribution in [0.2, 0.25) is 0 Å². The van der Waals surface area contributed by atoms with Crippen molar-refractivity contribution in [2.75, 3.05) is 6.61 Å². The molecule has 0 unspecified atom stereocenters. The number of halogens is 1. The molecule has 0 bridgehead atoms.